The highest BCUT2D eigenvalue weighted by atomic mass is 16.5. The number of carboxylic acid groups (broad SMARTS) is 1. The van der Waals surface area contributed by atoms with E-state index in [2.05, 4.69) is 62.5 Å². The fourth-order valence-electron chi connectivity index (χ4n) is 5.06. The van der Waals surface area contributed by atoms with Crippen LogP contribution in [0.15, 0.2) is 48.6 Å². The molecule has 0 fully saturated rings. The molecule has 0 aromatic carbocycles. The van der Waals surface area contributed by atoms with Gasteiger partial charge in [-0.15, -0.1) is 0 Å². The zero-order valence-electron chi connectivity index (χ0n) is 28.6. The number of unbranched alkanes of at least 4 members (excludes halogenated alkanes) is 18. The minimum atomic E-state index is -0.820. The largest absolute Gasteiger partial charge is 0.465 e. The Morgan fingerprint density at radius 1 is 0.488 bits per heavy atom. The van der Waals surface area contributed by atoms with Crippen molar-refractivity contribution in [3.05, 3.63) is 48.6 Å². The molecule has 0 aromatic rings. The summed E-state index contributed by atoms with van der Waals surface area (Å²) in [7, 11) is 0. The summed E-state index contributed by atoms with van der Waals surface area (Å²) in [6, 6.07) is 0. The van der Waals surface area contributed by atoms with Gasteiger partial charge >= 0.3 is 6.09 Å². The van der Waals surface area contributed by atoms with Crippen LogP contribution in [0.5, 0.6) is 0 Å². The van der Waals surface area contributed by atoms with Gasteiger partial charge in [0.1, 0.15) is 0 Å². The Kier molecular flexibility index (Phi) is 34.9. The average molecular weight is 602 g/mol. The van der Waals surface area contributed by atoms with E-state index < -0.39 is 6.09 Å². The van der Waals surface area contributed by atoms with Crippen LogP contribution < -0.4 is 0 Å². The van der Waals surface area contributed by atoms with E-state index in [4.69, 9.17) is 4.74 Å². The van der Waals surface area contributed by atoms with Crippen LogP contribution in [0.3, 0.4) is 0 Å². The molecular weight excluding hydrogens is 530 g/mol. The van der Waals surface area contributed by atoms with Gasteiger partial charge in [-0.2, -0.15) is 0 Å². The summed E-state index contributed by atoms with van der Waals surface area (Å²) >= 11 is 0. The second-order valence-electron chi connectivity index (χ2n) is 12.1. The van der Waals surface area contributed by atoms with E-state index in [1.807, 2.05) is 0 Å². The molecule has 0 radical (unpaired) electrons. The highest BCUT2D eigenvalue weighted by Crippen LogP contribution is 2.10. The van der Waals surface area contributed by atoms with Crippen LogP contribution in [0.2, 0.25) is 0 Å². The fourth-order valence-corrected chi connectivity index (χ4v) is 5.06. The number of nitrogens with zero attached hydrogens (tertiary/aromatic N) is 1. The van der Waals surface area contributed by atoms with Crippen molar-refractivity contribution in [2.75, 3.05) is 26.3 Å². The second kappa shape index (κ2) is 36.4. The number of amides is 1. The lowest BCUT2D eigenvalue weighted by atomic mass is 10.1. The zero-order chi connectivity index (χ0) is 31.3. The molecule has 0 heterocycles. The summed E-state index contributed by atoms with van der Waals surface area (Å²) in [6.45, 7) is 6.86. The molecule has 1 N–H and O–H groups in total. The lowest BCUT2D eigenvalue weighted by Crippen LogP contribution is -2.33. The first-order valence-corrected chi connectivity index (χ1v) is 18.4. The molecule has 0 aliphatic heterocycles. The van der Waals surface area contributed by atoms with Gasteiger partial charge in [-0.3, -0.25) is 0 Å². The fraction of sp³-hybridized carbons (Fsp3) is 0.769. The van der Waals surface area contributed by atoms with Gasteiger partial charge in [-0.05, 0) is 77.0 Å². The molecular formula is C39H71NO3. The van der Waals surface area contributed by atoms with Gasteiger partial charge in [0.25, 0.3) is 0 Å². The highest BCUT2D eigenvalue weighted by molar-refractivity contribution is 5.64. The van der Waals surface area contributed by atoms with E-state index >= 15 is 0 Å². The third kappa shape index (κ3) is 34.5. The van der Waals surface area contributed by atoms with E-state index in [0.717, 1.165) is 38.7 Å². The summed E-state index contributed by atoms with van der Waals surface area (Å²) in [5.74, 6) is 0. The van der Waals surface area contributed by atoms with Gasteiger partial charge in [-0.1, -0.05) is 140 Å². The summed E-state index contributed by atoms with van der Waals surface area (Å²) in [5.41, 5.74) is 0. The van der Waals surface area contributed by atoms with Crippen LogP contribution in [-0.2, 0) is 4.74 Å². The molecule has 43 heavy (non-hydrogen) atoms. The first-order chi connectivity index (χ1) is 21.2. The van der Waals surface area contributed by atoms with Crippen molar-refractivity contribution in [1.29, 1.82) is 0 Å². The number of rotatable bonds is 33. The molecule has 0 saturated carbocycles. The van der Waals surface area contributed by atoms with Crippen molar-refractivity contribution >= 4 is 6.09 Å². The van der Waals surface area contributed by atoms with E-state index in [0.29, 0.717) is 19.7 Å². The van der Waals surface area contributed by atoms with Gasteiger partial charge in [0.05, 0.1) is 6.61 Å². The van der Waals surface area contributed by atoms with Crippen LogP contribution in [0, 0.1) is 0 Å². The number of hydrogen-bond acceptors (Lipinski definition) is 2. The van der Waals surface area contributed by atoms with Crippen LogP contribution in [0.25, 0.3) is 0 Å². The summed E-state index contributed by atoms with van der Waals surface area (Å²) in [4.78, 5) is 13.1. The Hall–Kier alpha value is -1.81. The third-order valence-corrected chi connectivity index (χ3v) is 7.89. The Balaban J connectivity index is 3.49. The third-order valence-electron chi connectivity index (χ3n) is 7.89. The maximum absolute atomic E-state index is 11.6. The molecule has 0 unspecified atom stereocenters. The number of allylic oxidation sites excluding steroid dienone is 8. The maximum Gasteiger partial charge on any atom is 0.407 e. The Morgan fingerprint density at radius 2 is 0.884 bits per heavy atom. The Labute approximate surface area is 268 Å². The topological polar surface area (TPSA) is 49.8 Å². The Bertz CT molecular complexity index is 682. The molecule has 0 bridgehead atoms. The van der Waals surface area contributed by atoms with Crippen molar-refractivity contribution in [3.63, 3.8) is 0 Å². The first kappa shape index (κ1) is 41.2. The van der Waals surface area contributed by atoms with Crippen LogP contribution in [-0.4, -0.2) is 42.4 Å². The standard InChI is InChI=1S/C39H71NO3/c1-3-5-7-9-11-13-15-17-19-21-23-25-27-29-31-33-35-40(39(41)42)36-38-43-37-34-32-30-28-26-24-22-20-18-16-14-12-10-8-6-4-2/h11-14,17-20H,3-10,15-16,21-38H2,1-2H3,(H,41,42)/b13-11-,14-12-,19-17-,20-18+. The lowest BCUT2D eigenvalue weighted by molar-refractivity contribution is 0.0915. The van der Waals surface area contributed by atoms with Crippen molar-refractivity contribution in [2.24, 2.45) is 0 Å². The zero-order valence-corrected chi connectivity index (χ0v) is 28.6. The van der Waals surface area contributed by atoms with Gasteiger partial charge in [-0.25, -0.2) is 4.79 Å². The molecule has 0 saturated heterocycles. The van der Waals surface area contributed by atoms with E-state index in [1.165, 1.54) is 127 Å². The maximum atomic E-state index is 11.6. The van der Waals surface area contributed by atoms with E-state index in [-0.39, 0.29) is 0 Å². The number of carbonyl (C=O) groups is 1. The van der Waals surface area contributed by atoms with Gasteiger partial charge in [0.2, 0.25) is 0 Å². The Morgan fingerprint density at radius 3 is 1.33 bits per heavy atom. The number of hydrogen-bond donors (Lipinski definition) is 1. The lowest BCUT2D eigenvalue weighted by Gasteiger charge is -2.19. The molecule has 0 rings (SSSR count). The second-order valence-corrected chi connectivity index (χ2v) is 12.1. The molecule has 0 aliphatic carbocycles. The van der Waals surface area contributed by atoms with Crippen LogP contribution in [0.4, 0.5) is 4.79 Å². The van der Waals surface area contributed by atoms with E-state index in [9.17, 15) is 9.90 Å². The van der Waals surface area contributed by atoms with Crippen LogP contribution in [0.1, 0.15) is 168 Å². The number of ether oxygens (including phenoxy) is 1. The van der Waals surface area contributed by atoms with Gasteiger partial charge < -0.3 is 14.7 Å². The molecule has 0 aromatic heterocycles. The van der Waals surface area contributed by atoms with Crippen LogP contribution >= 0.6 is 0 Å². The summed E-state index contributed by atoms with van der Waals surface area (Å²) in [6.07, 6.45) is 47.0. The van der Waals surface area contributed by atoms with Crippen molar-refractivity contribution in [2.45, 2.75) is 168 Å². The molecule has 0 aliphatic rings. The molecule has 0 atom stereocenters. The van der Waals surface area contributed by atoms with Gasteiger partial charge in [0.15, 0.2) is 0 Å². The normalized spacial score (nSPS) is 12.1. The molecule has 250 valence electrons. The van der Waals surface area contributed by atoms with Crippen molar-refractivity contribution < 1.29 is 14.6 Å². The highest BCUT2D eigenvalue weighted by Gasteiger charge is 2.10. The smallest absolute Gasteiger partial charge is 0.407 e. The molecule has 0 spiro atoms. The predicted molar refractivity (Wildman–Crippen MR) is 189 cm³/mol. The monoisotopic (exact) mass is 602 g/mol. The quantitative estimate of drug-likeness (QED) is 0.0601. The summed E-state index contributed by atoms with van der Waals surface area (Å²) in [5, 5.41) is 9.50. The minimum Gasteiger partial charge on any atom is -0.465 e. The minimum absolute atomic E-state index is 0.484. The first-order valence-electron chi connectivity index (χ1n) is 18.4. The predicted octanol–water partition coefficient (Wildman–Crippen LogP) is 12.6. The summed E-state index contributed by atoms with van der Waals surface area (Å²) < 4.78 is 5.74. The van der Waals surface area contributed by atoms with Gasteiger partial charge in [0, 0.05) is 19.7 Å². The molecule has 1 amide bonds. The van der Waals surface area contributed by atoms with Crippen molar-refractivity contribution in [1.82, 2.24) is 4.90 Å². The molecule has 4 nitrogen and oxygen atoms in total. The molecule has 4 heteroatoms. The SMILES string of the molecule is CCCCC/C=C\C/C=C\CCCCCCCCN(CCOCCCCCCCC/C=C/C/C=C\CCCCC)C(=O)O. The van der Waals surface area contributed by atoms with E-state index in [1.54, 1.807) is 0 Å². The average Bonchev–Trinajstić information content (AvgIpc) is 3.00. The van der Waals surface area contributed by atoms with Crippen molar-refractivity contribution in [3.8, 4) is 0 Å².